The van der Waals surface area contributed by atoms with Crippen LogP contribution in [0.15, 0.2) is 11.4 Å². The van der Waals surface area contributed by atoms with E-state index in [2.05, 4.69) is 23.8 Å². The summed E-state index contributed by atoms with van der Waals surface area (Å²) < 4.78 is 0. The van der Waals surface area contributed by atoms with Crippen LogP contribution in [0.2, 0.25) is 0 Å². The van der Waals surface area contributed by atoms with Crippen molar-refractivity contribution < 1.29 is 4.92 Å². The second-order valence-electron chi connectivity index (χ2n) is 5.54. The van der Waals surface area contributed by atoms with Crippen molar-refractivity contribution in [2.24, 2.45) is 0 Å². The van der Waals surface area contributed by atoms with E-state index in [0.29, 0.717) is 6.04 Å². The Morgan fingerprint density at radius 3 is 2.75 bits per heavy atom. The first-order valence-electron chi connectivity index (χ1n) is 7.24. The first-order valence-corrected chi connectivity index (χ1v) is 8.12. The molecule has 2 heterocycles. The highest BCUT2D eigenvalue weighted by Gasteiger charge is 2.22. The van der Waals surface area contributed by atoms with Gasteiger partial charge in [0, 0.05) is 24.0 Å². The van der Waals surface area contributed by atoms with Crippen LogP contribution in [0, 0.1) is 10.1 Å². The van der Waals surface area contributed by atoms with Gasteiger partial charge in [0.05, 0.1) is 4.92 Å². The monoisotopic (exact) mass is 297 g/mol. The van der Waals surface area contributed by atoms with Crippen molar-refractivity contribution in [2.75, 3.05) is 26.7 Å². The molecule has 1 aliphatic rings. The summed E-state index contributed by atoms with van der Waals surface area (Å²) >= 11 is 1.22. The van der Waals surface area contributed by atoms with E-state index in [9.17, 15) is 10.1 Å². The molecule has 112 valence electrons. The third-order valence-electron chi connectivity index (χ3n) is 3.97. The first kappa shape index (κ1) is 15.4. The second-order valence-corrected chi connectivity index (χ2v) is 6.43. The number of nitrogens with zero attached hydrogens (tertiary/aromatic N) is 3. The van der Waals surface area contributed by atoms with Gasteiger partial charge in [0.1, 0.15) is 0 Å². The molecule has 0 spiro atoms. The molecule has 20 heavy (non-hydrogen) atoms. The van der Waals surface area contributed by atoms with Crippen LogP contribution in [0.1, 0.15) is 31.7 Å². The fraction of sp³-hybridized carbons (Fsp3) is 0.714. The molecule has 0 N–H and O–H groups in total. The van der Waals surface area contributed by atoms with E-state index in [4.69, 9.17) is 0 Å². The molecule has 5 nitrogen and oxygen atoms in total. The SMILES string of the molecule is CCCN1CCC(N(C)Cc2csc([N+](=O)[O-])c2)CC1. The minimum absolute atomic E-state index is 0.242. The largest absolute Gasteiger partial charge is 0.324 e. The smallest absolute Gasteiger partial charge is 0.303 e. The summed E-state index contributed by atoms with van der Waals surface area (Å²) in [4.78, 5) is 15.3. The summed E-state index contributed by atoms with van der Waals surface area (Å²) in [6.07, 6.45) is 3.62. The standard InChI is InChI=1S/C14H23N3O2S/c1-3-6-16-7-4-13(5-8-16)15(2)10-12-9-14(17(18)19)20-11-12/h9,11,13H,3-8,10H2,1-2H3. The lowest BCUT2D eigenvalue weighted by atomic mass is 10.0. The van der Waals surface area contributed by atoms with Gasteiger partial charge in [-0.15, -0.1) is 0 Å². The van der Waals surface area contributed by atoms with Gasteiger partial charge in [0.15, 0.2) is 0 Å². The van der Waals surface area contributed by atoms with Crippen molar-refractivity contribution in [1.29, 1.82) is 0 Å². The van der Waals surface area contributed by atoms with Crippen molar-refractivity contribution in [3.05, 3.63) is 27.1 Å². The fourth-order valence-electron chi connectivity index (χ4n) is 2.86. The highest BCUT2D eigenvalue weighted by molar-refractivity contribution is 7.13. The van der Waals surface area contributed by atoms with Crippen LogP contribution in [0.3, 0.4) is 0 Å². The lowest BCUT2D eigenvalue weighted by molar-refractivity contribution is -0.380. The van der Waals surface area contributed by atoms with E-state index in [-0.39, 0.29) is 9.92 Å². The van der Waals surface area contributed by atoms with E-state index in [0.717, 1.165) is 12.1 Å². The molecule has 0 aliphatic carbocycles. The Balaban J connectivity index is 1.82. The summed E-state index contributed by atoms with van der Waals surface area (Å²) in [5.74, 6) is 0. The van der Waals surface area contributed by atoms with Crippen LogP contribution in [0.4, 0.5) is 5.00 Å². The van der Waals surface area contributed by atoms with E-state index < -0.39 is 0 Å². The zero-order valence-electron chi connectivity index (χ0n) is 12.2. The zero-order valence-corrected chi connectivity index (χ0v) is 13.1. The van der Waals surface area contributed by atoms with Crippen molar-refractivity contribution in [2.45, 2.75) is 38.8 Å². The molecule has 0 amide bonds. The molecule has 2 rings (SSSR count). The predicted octanol–water partition coefficient (Wildman–Crippen LogP) is 2.96. The lowest BCUT2D eigenvalue weighted by Gasteiger charge is -2.36. The van der Waals surface area contributed by atoms with Gasteiger partial charge in [-0.1, -0.05) is 18.3 Å². The van der Waals surface area contributed by atoms with Crippen molar-refractivity contribution in [3.8, 4) is 0 Å². The number of hydrogen-bond donors (Lipinski definition) is 0. The third-order valence-corrected chi connectivity index (χ3v) is 4.90. The van der Waals surface area contributed by atoms with Gasteiger partial charge in [0.25, 0.3) is 0 Å². The average molecular weight is 297 g/mol. The minimum atomic E-state index is -0.308. The second kappa shape index (κ2) is 7.15. The number of hydrogen-bond acceptors (Lipinski definition) is 5. The van der Waals surface area contributed by atoms with Crippen molar-refractivity contribution >= 4 is 16.3 Å². The van der Waals surface area contributed by atoms with Crippen LogP contribution in [0.25, 0.3) is 0 Å². The number of rotatable bonds is 6. The lowest BCUT2D eigenvalue weighted by Crippen LogP contribution is -2.43. The predicted molar refractivity (Wildman–Crippen MR) is 82.2 cm³/mol. The summed E-state index contributed by atoms with van der Waals surface area (Å²) in [5, 5.41) is 12.8. The summed E-state index contributed by atoms with van der Waals surface area (Å²) in [7, 11) is 2.13. The molecule has 0 radical (unpaired) electrons. The van der Waals surface area contributed by atoms with Crippen LogP contribution in [-0.4, -0.2) is 47.4 Å². The third kappa shape index (κ3) is 4.01. The fourth-order valence-corrected chi connectivity index (χ4v) is 3.58. The Kier molecular flexibility index (Phi) is 5.51. The van der Waals surface area contributed by atoms with Crippen LogP contribution in [0.5, 0.6) is 0 Å². The highest BCUT2D eigenvalue weighted by atomic mass is 32.1. The van der Waals surface area contributed by atoms with Crippen LogP contribution >= 0.6 is 11.3 Å². The molecular weight excluding hydrogens is 274 g/mol. The minimum Gasteiger partial charge on any atom is -0.303 e. The van der Waals surface area contributed by atoms with E-state index in [1.807, 2.05) is 5.38 Å². The van der Waals surface area contributed by atoms with E-state index in [1.165, 1.54) is 50.2 Å². The maximum Gasteiger partial charge on any atom is 0.324 e. The maximum atomic E-state index is 10.7. The molecule has 1 aromatic rings. The Hall–Kier alpha value is -0.980. The molecule has 1 aromatic heterocycles. The number of likely N-dealkylation sites (tertiary alicyclic amines) is 1. The molecule has 6 heteroatoms. The number of nitro groups is 1. The molecule has 0 unspecified atom stereocenters. The molecular formula is C14H23N3O2S. The Morgan fingerprint density at radius 2 is 2.20 bits per heavy atom. The normalized spacial score (nSPS) is 17.8. The number of piperidine rings is 1. The topological polar surface area (TPSA) is 49.6 Å². The van der Waals surface area contributed by atoms with Crippen molar-refractivity contribution in [1.82, 2.24) is 9.80 Å². The van der Waals surface area contributed by atoms with Crippen LogP contribution < -0.4 is 0 Å². The van der Waals surface area contributed by atoms with Crippen molar-refractivity contribution in [3.63, 3.8) is 0 Å². The molecule has 1 fully saturated rings. The van der Waals surface area contributed by atoms with Gasteiger partial charge in [-0.25, -0.2) is 0 Å². The van der Waals surface area contributed by atoms with Gasteiger partial charge in [-0.2, -0.15) is 0 Å². The van der Waals surface area contributed by atoms with Gasteiger partial charge in [-0.3, -0.25) is 15.0 Å². The molecule has 1 aliphatic heterocycles. The molecule has 0 atom stereocenters. The summed E-state index contributed by atoms with van der Waals surface area (Å²) in [6.45, 7) is 6.58. The van der Waals surface area contributed by atoms with E-state index in [1.54, 1.807) is 6.07 Å². The van der Waals surface area contributed by atoms with Gasteiger partial charge >= 0.3 is 5.00 Å². The summed E-state index contributed by atoms with van der Waals surface area (Å²) in [5.41, 5.74) is 1.06. The zero-order chi connectivity index (χ0) is 14.5. The van der Waals surface area contributed by atoms with Gasteiger partial charge in [-0.05, 0) is 51.5 Å². The molecule has 0 bridgehead atoms. The van der Waals surface area contributed by atoms with E-state index >= 15 is 0 Å². The summed E-state index contributed by atoms with van der Waals surface area (Å²) in [6, 6.07) is 2.30. The Morgan fingerprint density at radius 1 is 1.50 bits per heavy atom. The number of thiophene rings is 1. The van der Waals surface area contributed by atoms with Gasteiger partial charge < -0.3 is 4.90 Å². The maximum absolute atomic E-state index is 10.7. The highest BCUT2D eigenvalue weighted by Crippen LogP contribution is 2.25. The molecule has 0 saturated carbocycles. The first-order chi connectivity index (χ1) is 9.60. The van der Waals surface area contributed by atoms with Crippen LogP contribution in [-0.2, 0) is 6.54 Å². The quantitative estimate of drug-likeness (QED) is 0.598. The Bertz CT molecular complexity index is 441. The Labute approximate surface area is 124 Å². The molecule has 0 aromatic carbocycles. The average Bonchev–Trinajstić information content (AvgIpc) is 2.88. The molecule has 1 saturated heterocycles. The van der Waals surface area contributed by atoms with Gasteiger partial charge in [0.2, 0.25) is 0 Å².